The third-order valence-corrected chi connectivity index (χ3v) is 4.27. The lowest BCUT2D eigenvalue weighted by molar-refractivity contribution is -0.146. The van der Waals surface area contributed by atoms with Gasteiger partial charge in [-0.3, -0.25) is 9.35 Å². The van der Waals surface area contributed by atoms with Crippen LogP contribution in [-0.2, 0) is 26.2 Å². The molecule has 1 atom stereocenters. The zero-order chi connectivity index (χ0) is 15.8. The first kappa shape index (κ1) is 15.5. The number of carbonyl (C=O) groups excluding carboxylic acids is 1. The normalized spacial score (nSPS) is 13.3. The molecule has 1 heterocycles. The number of benzene rings is 1. The summed E-state index contributed by atoms with van der Waals surface area (Å²) in [6.45, 7) is 4.97. The number of fused-ring (bicyclic) bond motifs is 1. The smallest absolute Gasteiger partial charge is 0.302 e. The summed E-state index contributed by atoms with van der Waals surface area (Å²) in [5.41, 5.74) is 1.08. The second-order valence-corrected chi connectivity index (χ2v) is 6.30. The minimum Gasteiger partial charge on any atom is -0.461 e. The fraction of sp³-hybridized carbons (Fsp3) is 0.357. The van der Waals surface area contributed by atoms with Crippen LogP contribution in [0.3, 0.4) is 0 Å². The molecule has 0 saturated carbocycles. The van der Waals surface area contributed by atoms with Crippen LogP contribution in [0, 0.1) is 6.92 Å². The molecule has 1 aromatic heterocycles. The van der Waals surface area contributed by atoms with E-state index in [1.165, 1.54) is 6.92 Å². The summed E-state index contributed by atoms with van der Waals surface area (Å²) in [5.74, 6) is -0.397. The van der Waals surface area contributed by atoms with Crippen molar-refractivity contribution in [3.8, 4) is 0 Å². The van der Waals surface area contributed by atoms with E-state index in [1.807, 2.05) is 0 Å². The van der Waals surface area contributed by atoms with E-state index in [0.717, 1.165) is 0 Å². The molecule has 1 aromatic carbocycles. The number of hydrogen-bond donors (Lipinski definition) is 1. The molecule has 0 aliphatic rings. The van der Waals surface area contributed by atoms with Crippen LogP contribution in [-0.4, -0.2) is 29.6 Å². The van der Waals surface area contributed by atoms with Gasteiger partial charge in [0, 0.05) is 23.5 Å². The van der Waals surface area contributed by atoms with E-state index >= 15 is 0 Å². The molecule has 0 aliphatic carbocycles. The van der Waals surface area contributed by atoms with Gasteiger partial charge in [-0.15, -0.1) is 0 Å². The highest BCUT2D eigenvalue weighted by Crippen LogP contribution is 2.29. The van der Waals surface area contributed by atoms with Gasteiger partial charge in [0.2, 0.25) is 0 Å². The van der Waals surface area contributed by atoms with Gasteiger partial charge in [-0.25, -0.2) is 0 Å². The van der Waals surface area contributed by atoms with E-state index in [-0.39, 0.29) is 4.90 Å². The molecule has 0 fully saturated rings. The first-order chi connectivity index (χ1) is 9.71. The lowest BCUT2D eigenvalue weighted by Crippen LogP contribution is -2.19. The average molecular weight is 311 g/mol. The molecule has 0 bridgehead atoms. The number of aromatic nitrogens is 1. The Labute approximate surface area is 123 Å². The summed E-state index contributed by atoms with van der Waals surface area (Å²) in [5, 5.41) is 0.451. The Kier molecular flexibility index (Phi) is 4.06. The van der Waals surface area contributed by atoms with Crippen LogP contribution in [0.15, 0.2) is 29.2 Å². The zero-order valence-corrected chi connectivity index (χ0v) is 12.8. The van der Waals surface area contributed by atoms with Gasteiger partial charge in [-0.05, 0) is 19.9 Å². The average Bonchev–Trinajstić information content (AvgIpc) is 2.61. The van der Waals surface area contributed by atoms with Crippen molar-refractivity contribution in [3.05, 3.63) is 30.0 Å². The van der Waals surface area contributed by atoms with Gasteiger partial charge in [-0.1, -0.05) is 18.2 Å². The van der Waals surface area contributed by atoms with Crippen LogP contribution in [0.25, 0.3) is 10.9 Å². The number of esters is 1. The van der Waals surface area contributed by atoms with Crippen LogP contribution < -0.4 is 0 Å². The fourth-order valence-electron chi connectivity index (χ4n) is 2.54. The molecule has 1 unspecified atom stereocenters. The SMILES string of the molecule is CC(=O)OC(C)Cn1c(C)c(S(=O)(=O)O)c2ccccc21. The molecule has 0 aliphatic heterocycles. The van der Waals surface area contributed by atoms with Gasteiger partial charge in [0.15, 0.2) is 0 Å². The summed E-state index contributed by atoms with van der Waals surface area (Å²) in [4.78, 5) is 10.9. The number of nitrogens with zero attached hydrogens (tertiary/aromatic N) is 1. The van der Waals surface area contributed by atoms with Gasteiger partial charge in [0.05, 0.1) is 6.54 Å². The van der Waals surface area contributed by atoms with Crippen molar-refractivity contribution in [2.75, 3.05) is 0 Å². The topological polar surface area (TPSA) is 85.6 Å². The molecule has 0 saturated heterocycles. The largest absolute Gasteiger partial charge is 0.461 e. The lowest BCUT2D eigenvalue weighted by Gasteiger charge is -2.15. The van der Waals surface area contributed by atoms with E-state index in [1.54, 1.807) is 42.7 Å². The zero-order valence-electron chi connectivity index (χ0n) is 12.0. The van der Waals surface area contributed by atoms with Crippen molar-refractivity contribution in [2.24, 2.45) is 0 Å². The molecule has 6 nitrogen and oxygen atoms in total. The standard InChI is InChI=1S/C14H17NO5S/c1-9(20-11(3)16)8-15-10(2)14(21(17,18)19)12-6-4-5-7-13(12)15/h4-7,9H,8H2,1-3H3,(H,17,18,19). The van der Waals surface area contributed by atoms with Crippen molar-refractivity contribution in [1.29, 1.82) is 0 Å². The first-order valence-corrected chi connectivity index (χ1v) is 7.88. The monoisotopic (exact) mass is 311 g/mol. The van der Waals surface area contributed by atoms with Crippen molar-refractivity contribution in [3.63, 3.8) is 0 Å². The Bertz CT molecular complexity index is 791. The summed E-state index contributed by atoms with van der Waals surface area (Å²) < 4.78 is 39.4. The Morgan fingerprint density at radius 3 is 2.57 bits per heavy atom. The summed E-state index contributed by atoms with van der Waals surface area (Å²) in [6.07, 6.45) is -0.411. The number of hydrogen-bond acceptors (Lipinski definition) is 4. The highest BCUT2D eigenvalue weighted by molar-refractivity contribution is 7.86. The number of ether oxygens (including phenoxy) is 1. The quantitative estimate of drug-likeness (QED) is 0.690. The third-order valence-electron chi connectivity index (χ3n) is 3.24. The van der Waals surface area contributed by atoms with E-state index in [0.29, 0.717) is 23.1 Å². The third kappa shape index (κ3) is 3.08. The summed E-state index contributed by atoms with van der Waals surface area (Å²) in [7, 11) is -4.33. The Morgan fingerprint density at radius 1 is 1.38 bits per heavy atom. The van der Waals surface area contributed by atoms with Gasteiger partial charge in [0.25, 0.3) is 10.1 Å². The first-order valence-electron chi connectivity index (χ1n) is 6.44. The maximum absolute atomic E-state index is 11.6. The van der Waals surface area contributed by atoms with Crippen molar-refractivity contribution >= 4 is 27.0 Å². The van der Waals surface area contributed by atoms with E-state index in [9.17, 15) is 17.8 Å². The maximum Gasteiger partial charge on any atom is 0.302 e. The summed E-state index contributed by atoms with van der Waals surface area (Å²) >= 11 is 0. The number of carbonyl (C=O) groups is 1. The molecular formula is C14H17NO5S. The molecule has 1 N–H and O–H groups in total. The molecule has 21 heavy (non-hydrogen) atoms. The van der Waals surface area contributed by atoms with Crippen LogP contribution in [0.1, 0.15) is 19.5 Å². The van der Waals surface area contributed by atoms with Crippen molar-refractivity contribution < 1.29 is 22.5 Å². The molecule has 7 heteroatoms. The molecule has 0 amide bonds. The van der Waals surface area contributed by atoms with E-state index in [4.69, 9.17) is 4.74 Å². The molecule has 0 spiro atoms. The Hall–Kier alpha value is -1.86. The highest BCUT2D eigenvalue weighted by Gasteiger charge is 2.24. The van der Waals surface area contributed by atoms with Crippen LogP contribution in [0.2, 0.25) is 0 Å². The second-order valence-electron chi connectivity index (χ2n) is 4.94. The number of para-hydroxylation sites is 1. The second kappa shape index (κ2) is 5.50. The van der Waals surface area contributed by atoms with Gasteiger partial charge in [0.1, 0.15) is 11.0 Å². The minimum atomic E-state index is -4.33. The Morgan fingerprint density at radius 2 is 2.00 bits per heavy atom. The maximum atomic E-state index is 11.6. The Balaban J connectivity index is 2.59. The van der Waals surface area contributed by atoms with Gasteiger partial charge < -0.3 is 9.30 Å². The highest BCUT2D eigenvalue weighted by atomic mass is 32.2. The van der Waals surface area contributed by atoms with Gasteiger partial charge >= 0.3 is 5.97 Å². The minimum absolute atomic E-state index is 0.104. The molecule has 114 valence electrons. The number of rotatable bonds is 4. The van der Waals surface area contributed by atoms with E-state index < -0.39 is 22.2 Å². The predicted molar refractivity (Wildman–Crippen MR) is 77.7 cm³/mol. The molecular weight excluding hydrogens is 294 g/mol. The van der Waals surface area contributed by atoms with E-state index in [2.05, 4.69) is 0 Å². The lowest BCUT2D eigenvalue weighted by atomic mass is 10.2. The molecule has 2 aromatic rings. The van der Waals surface area contributed by atoms with Crippen LogP contribution in [0.5, 0.6) is 0 Å². The predicted octanol–water partition coefficient (Wildman–Crippen LogP) is 2.15. The molecule has 2 rings (SSSR count). The fourth-order valence-corrected chi connectivity index (χ4v) is 3.47. The molecule has 0 radical (unpaired) electrons. The van der Waals surface area contributed by atoms with Crippen LogP contribution >= 0.6 is 0 Å². The van der Waals surface area contributed by atoms with Crippen molar-refractivity contribution in [2.45, 2.75) is 38.3 Å². The van der Waals surface area contributed by atoms with Crippen molar-refractivity contribution in [1.82, 2.24) is 4.57 Å². The van der Waals surface area contributed by atoms with Gasteiger partial charge in [-0.2, -0.15) is 8.42 Å². The van der Waals surface area contributed by atoms with Crippen LogP contribution in [0.4, 0.5) is 0 Å². The summed E-state index contributed by atoms with van der Waals surface area (Å²) in [6, 6.07) is 6.88.